The van der Waals surface area contributed by atoms with E-state index in [2.05, 4.69) is 37.3 Å². The van der Waals surface area contributed by atoms with Crippen LogP contribution in [-0.4, -0.2) is 0 Å². The van der Waals surface area contributed by atoms with Gasteiger partial charge in [0.2, 0.25) is 0 Å². The van der Waals surface area contributed by atoms with E-state index in [1.165, 1.54) is 50.5 Å². The average molecular weight is 255 g/mol. The summed E-state index contributed by atoms with van der Waals surface area (Å²) < 4.78 is 0. The zero-order valence-electron chi connectivity index (χ0n) is 12.1. The number of rotatable bonds is 5. The summed E-state index contributed by atoms with van der Waals surface area (Å²) in [6, 6.07) is 10.9. The van der Waals surface area contributed by atoms with Gasteiger partial charge in [0.25, 0.3) is 0 Å². The minimum Gasteiger partial charge on any atom is -0.198 e. The third kappa shape index (κ3) is 4.10. The maximum Gasteiger partial charge on any atom is 0.0669 e. The topological polar surface area (TPSA) is 23.8 Å². The molecule has 0 spiro atoms. The highest BCUT2D eigenvalue weighted by Crippen LogP contribution is 2.37. The van der Waals surface area contributed by atoms with Gasteiger partial charge < -0.3 is 0 Å². The van der Waals surface area contributed by atoms with Crippen LogP contribution in [0, 0.1) is 17.2 Å². The zero-order chi connectivity index (χ0) is 13.5. The van der Waals surface area contributed by atoms with Crippen molar-refractivity contribution in [3.05, 3.63) is 35.4 Å². The van der Waals surface area contributed by atoms with Crippen molar-refractivity contribution in [1.29, 1.82) is 5.26 Å². The third-order valence-electron chi connectivity index (χ3n) is 4.55. The number of hydrogen-bond acceptors (Lipinski definition) is 1. The van der Waals surface area contributed by atoms with Gasteiger partial charge in [-0.1, -0.05) is 50.5 Å². The predicted molar refractivity (Wildman–Crippen MR) is 80.0 cm³/mol. The highest BCUT2D eigenvalue weighted by molar-refractivity contribution is 5.27. The lowest BCUT2D eigenvalue weighted by Gasteiger charge is -2.28. The van der Waals surface area contributed by atoms with Gasteiger partial charge >= 0.3 is 0 Å². The largest absolute Gasteiger partial charge is 0.198 e. The molecule has 1 nitrogen and oxygen atoms in total. The van der Waals surface area contributed by atoms with Crippen molar-refractivity contribution < 1.29 is 0 Å². The molecular weight excluding hydrogens is 230 g/mol. The molecule has 1 saturated carbocycles. The van der Waals surface area contributed by atoms with Crippen LogP contribution in [0.2, 0.25) is 0 Å². The van der Waals surface area contributed by atoms with Crippen LogP contribution in [0.4, 0.5) is 0 Å². The average Bonchev–Trinajstić information content (AvgIpc) is 2.47. The first-order valence-corrected chi connectivity index (χ1v) is 7.79. The number of unbranched alkanes of at least 4 members (excludes halogenated alkanes) is 1. The van der Waals surface area contributed by atoms with E-state index in [1.54, 1.807) is 0 Å². The minimum atomic E-state index is 0.532. The molecule has 19 heavy (non-hydrogen) atoms. The van der Waals surface area contributed by atoms with E-state index in [9.17, 15) is 0 Å². The lowest BCUT2D eigenvalue weighted by Crippen LogP contribution is -2.13. The van der Waals surface area contributed by atoms with Crippen molar-refractivity contribution in [3.8, 4) is 6.07 Å². The Balaban J connectivity index is 1.85. The molecule has 102 valence electrons. The molecule has 0 atom stereocenters. The van der Waals surface area contributed by atoms with E-state index in [4.69, 9.17) is 5.26 Å². The molecule has 0 unspecified atom stereocenters. The second kappa shape index (κ2) is 7.34. The first-order valence-electron chi connectivity index (χ1n) is 7.79. The van der Waals surface area contributed by atoms with E-state index < -0.39 is 0 Å². The Hall–Kier alpha value is -1.29. The molecule has 0 heterocycles. The number of nitrogens with zero attached hydrogens (tertiary/aromatic N) is 1. The fraction of sp³-hybridized carbons (Fsp3) is 0.611. The molecule has 0 amide bonds. The third-order valence-corrected chi connectivity index (χ3v) is 4.55. The molecule has 2 rings (SSSR count). The quantitative estimate of drug-likeness (QED) is 0.708. The van der Waals surface area contributed by atoms with Gasteiger partial charge in [0.05, 0.1) is 12.5 Å². The van der Waals surface area contributed by atoms with Crippen LogP contribution in [0.15, 0.2) is 24.3 Å². The number of hydrogen-bond donors (Lipinski definition) is 0. The van der Waals surface area contributed by atoms with Gasteiger partial charge in [0, 0.05) is 0 Å². The highest BCUT2D eigenvalue weighted by atomic mass is 14.3. The van der Waals surface area contributed by atoms with Crippen molar-refractivity contribution in [2.45, 2.75) is 64.2 Å². The molecule has 0 N–H and O–H groups in total. The van der Waals surface area contributed by atoms with Crippen LogP contribution in [0.3, 0.4) is 0 Å². The molecule has 0 radical (unpaired) electrons. The number of nitriles is 1. The highest BCUT2D eigenvalue weighted by Gasteiger charge is 2.21. The maximum absolute atomic E-state index is 8.69. The lowest BCUT2D eigenvalue weighted by atomic mass is 9.77. The van der Waals surface area contributed by atoms with Gasteiger partial charge in [-0.2, -0.15) is 5.26 Å². The zero-order valence-corrected chi connectivity index (χ0v) is 12.1. The van der Waals surface area contributed by atoms with Crippen molar-refractivity contribution in [2.75, 3.05) is 0 Å². The fourth-order valence-electron chi connectivity index (χ4n) is 3.28. The summed E-state index contributed by atoms with van der Waals surface area (Å²) in [4.78, 5) is 0. The summed E-state index contributed by atoms with van der Waals surface area (Å²) in [5.41, 5.74) is 2.62. The van der Waals surface area contributed by atoms with Crippen LogP contribution in [0.5, 0.6) is 0 Å². The van der Waals surface area contributed by atoms with Crippen LogP contribution < -0.4 is 0 Å². The second-order valence-corrected chi connectivity index (χ2v) is 5.94. The van der Waals surface area contributed by atoms with Crippen LogP contribution >= 0.6 is 0 Å². The molecule has 1 aromatic rings. The van der Waals surface area contributed by atoms with Crippen molar-refractivity contribution in [3.63, 3.8) is 0 Å². The Morgan fingerprint density at radius 2 is 1.79 bits per heavy atom. The smallest absolute Gasteiger partial charge is 0.0669 e. The Kier molecular flexibility index (Phi) is 5.45. The summed E-state index contributed by atoms with van der Waals surface area (Å²) in [7, 11) is 0. The van der Waals surface area contributed by atoms with Crippen molar-refractivity contribution in [1.82, 2.24) is 0 Å². The normalized spacial score (nSPS) is 22.9. The van der Waals surface area contributed by atoms with Gasteiger partial charge in [0.1, 0.15) is 0 Å². The first-order chi connectivity index (χ1) is 9.33. The van der Waals surface area contributed by atoms with Gasteiger partial charge in [-0.15, -0.1) is 0 Å². The van der Waals surface area contributed by atoms with E-state index in [-0.39, 0.29) is 0 Å². The van der Waals surface area contributed by atoms with Crippen LogP contribution in [0.25, 0.3) is 0 Å². The van der Waals surface area contributed by atoms with Gasteiger partial charge in [-0.3, -0.25) is 0 Å². The minimum absolute atomic E-state index is 0.532. The molecule has 1 aliphatic carbocycles. The lowest BCUT2D eigenvalue weighted by molar-refractivity contribution is 0.304. The molecule has 1 fully saturated rings. The van der Waals surface area contributed by atoms with Crippen LogP contribution in [-0.2, 0) is 6.42 Å². The van der Waals surface area contributed by atoms with Crippen molar-refractivity contribution in [2.24, 2.45) is 5.92 Å². The Labute approximate surface area is 117 Å². The Bertz CT molecular complexity index is 404. The molecule has 0 saturated heterocycles. The van der Waals surface area contributed by atoms with Gasteiger partial charge in [-0.05, 0) is 48.6 Å². The van der Waals surface area contributed by atoms with E-state index in [1.807, 2.05) is 0 Å². The Morgan fingerprint density at radius 3 is 2.37 bits per heavy atom. The summed E-state index contributed by atoms with van der Waals surface area (Å²) >= 11 is 0. The molecule has 0 bridgehead atoms. The summed E-state index contributed by atoms with van der Waals surface area (Å²) in [5.74, 6) is 1.74. The molecule has 0 aromatic heterocycles. The molecule has 1 aromatic carbocycles. The van der Waals surface area contributed by atoms with Crippen LogP contribution in [0.1, 0.15) is 68.9 Å². The monoisotopic (exact) mass is 255 g/mol. The van der Waals surface area contributed by atoms with E-state index >= 15 is 0 Å². The Morgan fingerprint density at radius 1 is 1.11 bits per heavy atom. The molecular formula is C18H25N. The summed E-state index contributed by atoms with van der Waals surface area (Å²) in [6.07, 6.45) is 10.2. The molecule has 0 aliphatic heterocycles. The van der Waals surface area contributed by atoms with E-state index in [0.29, 0.717) is 6.42 Å². The second-order valence-electron chi connectivity index (χ2n) is 5.94. The van der Waals surface area contributed by atoms with E-state index in [0.717, 1.165) is 17.4 Å². The van der Waals surface area contributed by atoms with Crippen molar-refractivity contribution >= 4 is 0 Å². The summed E-state index contributed by atoms with van der Waals surface area (Å²) in [6.45, 7) is 2.29. The molecule has 1 heteroatoms. The van der Waals surface area contributed by atoms with Gasteiger partial charge in [-0.25, -0.2) is 0 Å². The first kappa shape index (κ1) is 14.1. The maximum atomic E-state index is 8.69. The SMILES string of the molecule is CCCC[C@H]1CC[C@H](c2ccc(CC#N)cc2)CC1. The number of benzene rings is 1. The summed E-state index contributed by atoms with van der Waals surface area (Å²) in [5, 5.41) is 8.69. The standard InChI is InChI=1S/C18H25N/c1-2-3-4-15-5-9-17(10-6-15)18-11-7-16(8-12-18)13-14-19/h7-8,11-12,15,17H,2-6,9-10,13H2,1H3/t15-,17-. The predicted octanol–water partition coefficient (Wildman–Crippen LogP) is 5.22. The molecule has 1 aliphatic rings. The fourth-order valence-corrected chi connectivity index (χ4v) is 3.28. The van der Waals surface area contributed by atoms with Gasteiger partial charge in [0.15, 0.2) is 0 Å².